The zero-order valence-corrected chi connectivity index (χ0v) is 11.8. The summed E-state index contributed by atoms with van der Waals surface area (Å²) >= 11 is 0. The lowest BCUT2D eigenvalue weighted by Crippen LogP contribution is -2.20. The van der Waals surface area contributed by atoms with Gasteiger partial charge in [0.1, 0.15) is 5.75 Å². The topological polar surface area (TPSA) is 35.5 Å². The van der Waals surface area contributed by atoms with Crippen LogP contribution in [-0.2, 0) is 16.0 Å². The van der Waals surface area contributed by atoms with E-state index >= 15 is 0 Å². The van der Waals surface area contributed by atoms with E-state index < -0.39 is 0 Å². The van der Waals surface area contributed by atoms with Crippen LogP contribution in [-0.4, -0.2) is 20.2 Å². The number of esters is 1. The molecular weight excluding hydrogens is 228 g/mol. The number of aryl methyl sites for hydroxylation is 1. The average Bonchev–Trinajstić information content (AvgIpc) is 2.38. The van der Waals surface area contributed by atoms with E-state index in [1.807, 2.05) is 32.0 Å². The molecule has 1 aromatic rings. The molecule has 0 spiro atoms. The lowest BCUT2D eigenvalue weighted by molar-refractivity contribution is -0.143. The second-order valence-corrected chi connectivity index (χ2v) is 4.67. The van der Waals surface area contributed by atoms with Gasteiger partial charge in [0.2, 0.25) is 0 Å². The van der Waals surface area contributed by atoms with Crippen LogP contribution in [0.3, 0.4) is 0 Å². The van der Waals surface area contributed by atoms with Crippen molar-refractivity contribution in [2.24, 2.45) is 5.92 Å². The molecule has 0 saturated carbocycles. The molecule has 0 fully saturated rings. The highest BCUT2D eigenvalue weighted by Gasteiger charge is 2.28. The Morgan fingerprint density at radius 3 is 2.39 bits per heavy atom. The van der Waals surface area contributed by atoms with Gasteiger partial charge in [0, 0.05) is 5.56 Å². The maximum Gasteiger partial charge on any atom is 0.313 e. The van der Waals surface area contributed by atoms with Crippen molar-refractivity contribution in [3.8, 4) is 5.75 Å². The van der Waals surface area contributed by atoms with Crippen LogP contribution < -0.4 is 4.74 Å². The fourth-order valence-corrected chi connectivity index (χ4v) is 2.13. The number of benzene rings is 1. The summed E-state index contributed by atoms with van der Waals surface area (Å²) in [4.78, 5) is 11.9. The number of hydrogen-bond acceptors (Lipinski definition) is 3. The Hall–Kier alpha value is -1.51. The van der Waals surface area contributed by atoms with Crippen LogP contribution in [0, 0.1) is 5.92 Å². The van der Waals surface area contributed by atoms with Crippen LogP contribution in [0.2, 0.25) is 0 Å². The molecule has 0 saturated heterocycles. The number of methoxy groups -OCH3 is 2. The van der Waals surface area contributed by atoms with Gasteiger partial charge in [0.15, 0.2) is 0 Å². The van der Waals surface area contributed by atoms with Crippen molar-refractivity contribution >= 4 is 5.97 Å². The molecular formula is C15H22O3. The highest BCUT2D eigenvalue weighted by molar-refractivity contribution is 5.79. The first kappa shape index (κ1) is 14.6. The van der Waals surface area contributed by atoms with Crippen LogP contribution in [0.25, 0.3) is 0 Å². The van der Waals surface area contributed by atoms with E-state index in [1.165, 1.54) is 12.7 Å². The summed E-state index contributed by atoms with van der Waals surface area (Å²) in [5, 5.41) is 0. The molecule has 0 aromatic heterocycles. The Bertz CT molecular complexity index is 410. The third kappa shape index (κ3) is 3.03. The first-order valence-corrected chi connectivity index (χ1v) is 6.29. The van der Waals surface area contributed by atoms with Crippen LogP contribution in [0.4, 0.5) is 0 Å². The summed E-state index contributed by atoms with van der Waals surface area (Å²) in [6.07, 6.45) is 0.934. The van der Waals surface area contributed by atoms with Gasteiger partial charge in [-0.25, -0.2) is 0 Å². The van der Waals surface area contributed by atoms with Crippen LogP contribution in [0.5, 0.6) is 5.75 Å². The van der Waals surface area contributed by atoms with E-state index in [9.17, 15) is 4.79 Å². The largest absolute Gasteiger partial charge is 0.496 e. The van der Waals surface area contributed by atoms with Crippen molar-refractivity contribution in [1.82, 2.24) is 0 Å². The predicted molar refractivity (Wildman–Crippen MR) is 72.0 cm³/mol. The molecule has 3 heteroatoms. The summed E-state index contributed by atoms with van der Waals surface area (Å²) < 4.78 is 10.3. The van der Waals surface area contributed by atoms with Gasteiger partial charge in [-0.1, -0.05) is 32.9 Å². The average molecular weight is 250 g/mol. The highest BCUT2D eigenvalue weighted by atomic mass is 16.5. The van der Waals surface area contributed by atoms with Crippen LogP contribution in [0.1, 0.15) is 37.8 Å². The Kier molecular flexibility index (Phi) is 5.20. The van der Waals surface area contributed by atoms with Crippen LogP contribution in [0.15, 0.2) is 18.2 Å². The third-order valence-corrected chi connectivity index (χ3v) is 3.16. The van der Waals surface area contributed by atoms with Crippen molar-refractivity contribution in [2.75, 3.05) is 14.2 Å². The molecule has 1 atom stereocenters. The SMILES string of the molecule is CCc1ccc(OC)c(C(C(=O)OC)C(C)C)c1. The zero-order chi connectivity index (χ0) is 13.7. The summed E-state index contributed by atoms with van der Waals surface area (Å²) in [5.74, 6) is 0.419. The summed E-state index contributed by atoms with van der Waals surface area (Å²) in [6, 6.07) is 5.99. The van der Waals surface area contributed by atoms with Crippen molar-refractivity contribution in [3.05, 3.63) is 29.3 Å². The standard InChI is InChI=1S/C15H22O3/c1-6-11-7-8-13(17-4)12(9-11)14(10(2)3)15(16)18-5/h7-10,14H,6H2,1-5H3. The molecule has 1 unspecified atom stereocenters. The zero-order valence-electron chi connectivity index (χ0n) is 11.8. The molecule has 0 radical (unpaired) electrons. The first-order chi connectivity index (χ1) is 8.54. The molecule has 0 aliphatic heterocycles. The number of rotatable bonds is 5. The monoisotopic (exact) mass is 250 g/mol. The number of hydrogen-bond donors (Lipinski definition) is 0. The number of carbonyl (C=O) groups is 1. The third-order valence-electron chi connectivity index (χ3n) is 3.16. The molecule has 3 nitrogen and oxygen atoms in total. The minimum absolute atomic E-state index is 0.165. The van der Waals surface area contributed by atoms with E-state index in [0.29, 0.717) is 0 Å². The predicted octanol–water partition coefficient (Wildman–Crippen LogP) is 3.17. The quantitative estimate of drug-likeness (QED) is 0.753. The van der Waals surface area contributed by atoms with E-state index in [4.69, 9.17) is 9.47 Å². The second kappa shape index (κ2) is 6.43. The van der Waals surface area contributed by atoms with E-state index in [1.54, 1.807) is 7.11 Å². The van der Waals surface area contributed by atoms with E-state index in [-0.39, 0.29) is 17.8 Å². The smallest absolute Gasteiger partial charge is 0.313 e. The maximum absolute atomic E-state index is 11.9. The van der Waals surface area contributed by atoms with E-state index in [2.05, 4.69) is 6.92 Å². The molecule has 1 rings (SSSR count). The second-order valence-electron chi connectivity index (χ2n) is 4.67. The normalized spacial score (nSPS) is 12.3. The molecule has 0 aliphatic rings. The Morgan fingerprint density at radius 2 is 1.94 bits per heavy atom. The number of carbonyl (C=O) groups excluding carboxylic acids is 1. The first-order valence-electron chi connectivity index (χ1n) is 6.29. The van der Waals surface area contributed by atoms with Crippen molar-refractivity contribution in [1.29, 1.82) is 0 Å². The van der Waals surface area contributed by atoms with E-state index in [0.717, 1.165) is 17.7 Å². The molecule has 0 bridgehead atoms. The van der Waals surface area contributed by atoms with Gasteiger partial charge in [0.25, 0.3) is 0 Å². The fourth-order valence-electron chi connectivity index (χ4n) is 2.13. The van der Waals surface area contributed by atoms with Crippen molar-refractivity contribution in [2.45, 2.75) is 33.1 Å². The van der Waals surface area contributed by atoms with Gasteiger partial charge < -0.3 is 9.47 Å². The molecule has 0 N–H and O–H groups in total. The molecule has 0 aliphatic carbocycles. The molecule has 100 valence electrons. The maximum atomic E-state index is 11.9. The van der Waals surface area contributed by atoms with Gasteiger partial charge in [-0.3, -0.25) is 4.79 Å². The van der Waals surface area contributed by atoms with Gasteiger partial charge in [-0.05, 0) is 24.0 Å². The van der Waals surface area contributed by atoms with Gasteiger partial charge in [0.05, 0.1) is 20.1 Å². The lowest BCUT2D eigenvalue weighted by atomic mass is 9.86. The van der Waals surface area contributed by atoms with Gasteiger partial charge in [-0.2, -0.15) is 0 Å². The molecule has 0 amide bonds. The Labute approximate surface area is 109 Å². The lowest BCUT2D eigenvalue weighted by Gasteiger charge is -2.21. The minimum atomic E-state index is -0.281. The Balaban J connectivity index is 3.28. The van der Waals surface area contributed by atoms with Gasteiger partial charge >= 0.3 is 5.97 Å². The van der Waals surface area contributed by atoms with Gasteiger partial charge in [-0.15, -0.1) is 0 Å². The summed E-state index contributed by atoms with van der Waals surface area (Å²) in [5.41, 5.74) is 2.11. The Morgan fingerprint density at radius 1 is 1.28 bits per heavy atom. The van der Waals surface area contributed by atoms with Crippen molar-refractivity contribution in [3.63, 3.8) is 0 Å². The summed E-state index contributed by atoms with van der Waals surface area (Å²) in [7, 11) is 3.05. The van der Waals surface area contributed by atoms with Crippen LogP contribution >= 0.6 is 0 Å². The fraction of sp³-hybridized carbons (Fsp3) is 0.533. The minimum Gasteiger partial charge on any atom is -0.496 e. The molecule has 18 heavy (non-hydrogen) atoms. The highest BCUT2D eigenvalue weighted by Crippen LogP contribution is 2.33. The van der Waals surface area contributed by atoms with Crippen molar-refractivity contribution < 1.29 is 14.3 Å². The molecule has 0 heterocycles. The summed E-state index contributed by atoms with van der Waals surface area (Å²) in [6.45, 7) is 6.12. The molecule has 1 aromatic carbocycles. The number of ether oxygens (including phenoxy) is 2.